The Labute approximate surface area is 90.8 Å². The number of carbonyl (C=O) groups excluding carboxylic acids is 2. The molecular weight excluding hydrogens is 196 g/mol. The molecule has 0 fully saturated rings. The van der Waals surface area contributed by atoms with E-state index in [1.165, 1.54) is 7.11 Å². The van der Waals surface area contributed by atoms with Crippen LogP contribution in [0.5, 0.6) is 0 Å². The smallest absolute Gasteiger partial charge is 0.315 e. The fraction of sp³-hybridized carbons (Fsp3) is 0.800. The van der Waals surface area contributed by atoms with E-state index in [-0.39, 0.29) is 12.3 Å². The van der Waals surface area contributed by atoms with Gasteiger partial charge >= 0.3 is 5.97 Å². The average molecular weight is 216 g/mol. The molecule has 0 radical (unpaired) electrons. The Balaban J connectivity index is 3.58. The first kappa shape index (κ1) is 13.9. The number of nitrogens with one attached hydrogen (secondary N) is 1. The largest absolute Gasteiger partial charge is 0.469 e. The van der Waals surface area contributed by atoms with Gasteiger partial charge in [-0.2, -0.15) is 0 Å². The second kappa shape index (κ2) is 8.23. The lowest BCUT2D eigenvalue weighted by atomic mass is 10.4. The SMILES string of the molecule is CCN(CC)CCNC(=O)CC(=O)OC. The summed E-state index contributed by atoms with van der Waals surface area (Å²) >= 11 is 0. The lowest BCUT2D eigenvalue weighted by Crippen LogP contribution is -2.35. The number of hydrogen-bond acceptors (Lipinski definition) is 4. The van der Waals surface area contributed by atoms with Gasteiger partial charge in [0.25, 0.3) is 0 Å². The van der Waals surface area contributed by atoms with Crippen LogP contribution in [0.1, 0.15) is 20.3 Å². The van der Waals surface area contributed by atoms with Gasteiger partial charge in [-0.05, 0) is 13.1 Å². The fourth-order valence-corrected chi connectivity index (χ4v) is 1.16. The Morgan fingerprint density at radius 1 is 1.27 bits per heavy atom. The van der Waals surface area contributed by atoms with E-state index in [1.807, 2.05) is 0 Å². The summed E-state index contributed by atoms with van der Waals surface area (Å²) in [6.45, 7) is 7.43. The van der Waals surface area contributed by atoms with E-state index in [1.54, 1.807) is 0 Å². The summed E-state index contributed by atoms with van der Waals surface area (Å²) in [5.41, 5.74) is 0. The van der Waals surface area contributed by atoms with Crippen molar-refractivity contribution >= 4 is 11.9 Å². The number of nitrogens with zero attached hydrogens (tertiary/aromatic N) is 1. The quantitative estimate of drug-likeness (QED) is 0.481. The summed E-state index contributed by atoms with van der Waals surface area (Å²) in [7, 11) is 1.27. The van der Waals surface area contributed by atoms with Crippen LogP contribution in [0, 0.1) is 0 Å². The van der Waals surface area contributed by atoms with E-state index in [4.69, 9.17) is 0 Å². The topological polar surface area (TPSA) is 58.6 Å². The van der Waals surface area contributed by atoms with Crippen LogP contribution in [0.25, 0.3) is 0 Å². The van der Waals surface area contributed by atoms with Crippen LogP contribution in [0.15, 0.2) is 0 Å². The number of amides is 1. The maximum atomic E-state index is 11.1. The second-order valence-corrected chi connectivity index (χ2v) is 3.13. The molecule has 0 aromatic carbocycles. The lowest BCUT2D eigenvalue weighted by Gasteiger charge is -2.17. The third kappa shape index (κ3) is 6.90. The molecule has 15 heavy (non-hydrogen) atoms. The molecule has 0 aromatic heterocycles. The normalized spacial score (nSPS) is 10.1. The van der Waals surface area contributed by atoms with E-state index in [9.17, 15) is 9.59 Å². The van der Waals surface area contributed by atoms with Gasteiger partial charge in [-0.1, -0.05) is 13.8 Å². The first-order valence-corrected chi connectivity index (χ1v) is 5.19. The first-order valence-electron chi connectivity index (χ1n) is 5.19. The number of rotatable bonds is 7. The highest BCUT2D eigenvalue weighted by Gasteiger charge is 2.08. The molecule has 0 saturated heterocycles. The van der Waals surface area contributed by atoms with Crippen LogP contribution >= 0.6 is 0 Å². The molecule has 0 aliphatic carbocycles. The molecule has 0 heterocycles. The van der Waals surface area contributed by atoms with Crippen molar-refractivity contribution in [2.75, 3.05) is 33.3 Å². The minimum atomic E-state index is -0.504. The van der Waals surface area contributed by atoms with Crippen molar-refractivity contribution in [1.82, 2.24) is 10.2 Å². The Morgan fingerprint density at radius 3 is 2.33 bits per heavy atom. The molecule has 0 bridgehead atoms. The maximum Gasteiger partial charge on any atom is 0.315 e. The van der Waals surface area contributed by atoms with Crippen molar-refractivity contribution in [2.24, 2.45) is 0 Å². The number of carbonyl (C=O) groups is 2. The third-order valence-electron chi connectivity index (χ3n) is 2.18. The van der Waals surface area contributed by atoms with Gasteiger partial charge in [-0.15, -0.1) is 0 Å². The zero-order valence-electron chi connectivity index (χ0n) is 9.71. The highest BCUT2D eigenvalue weighted by Crippen LogP contribution is 1.86. The van der Waals surface area contributed by atoms with Crippen LogP contribution in [-0.2, 0) is 14.3 Å². The van der Waals surface area contributed by atoms with Crippen LogP contribution in [0.4, 0.5) is 0 Å². The van der Waals surface area contributed by atoms with Gasteiger partial charge in [0.15, 0.2) is 0 Å². The molecule has 0 spiro atoms. The van der Waals surface area contributed by atoms with Crippen molar-refractivity contribution in [3.05, 3.63) is 0 Å². The Bertz CT molecular complexity index is 203. The number of esters is 1. The Hall–Kier alpha value is -1.10. The minimum absolute atomic E-state index is 0.200. The van der Waals surface area contributed by atoms with Gasteiger partial charge in [0.05, 0.1) is 7.11 Å². The third-order valence-corrected chi connectivity index (χ3v) is 2.18. The van der Waals surface area contributed by atoms with E-state index >= 15 is 0 Å². The molecule has 5 heteroatoms. The summed E-state index contributed by atoms with van der Waals surface area (Å²) in [5.74, 6) is -0.788. The van der Waals surface area contributed by atoms with E-state index in [0.717, 1.165) is 19.6 Å². The predicted molar refractivity (Wildman–Crippen MR) is 57.4 cm³/mol. The molecule has 0 rings (SSSR count). The van der Waals surface area contributed by atoms with Crippen molar-refractivity contribution < 1.29 is 14.3 Å². The van der Waals surface area contributed by atoms with E-state index < -0.39 is 5.97 Å². The zero-order chi connectivity index (χ0) is 11.7. The summed E-state index contributed by atoms with van der Waals surface area (Å²) in [6, 6.07) is 0. The summed E-state index contributed by atoms with van der Waals surface area (Å²) in [6.07, 6.45) is -0.200. The molecular formula is C10H20N2O3. The lowest BCUT2D eigenvalue weighted by molar-refractivity contribution is -0.143. The number of methoxy groups -OCH3 is 1. The van der Waals surface area contributed by atoms with Crippen molar-refractivity contribution in [3.8, 4) is 0 Å². The van der Waals surface area contributed by atoms with Gasteiger partial charge in [0.1, 0.15) is 6.42 Å². The monoisotopic (exact) mass is 216 g/mol. The van der Waals surface area contributed by atoms with Crippen molar-refractivity contribution in [1.29, 1.82) is 0 Å². The minimum Gasteiger partial charge on any atom is -0.469 e. The first-order chi connectivity index (χ1) is 7.13. The zero-order valence-corrected chi connectivity index (χ0v) is 9.71. The standard InChI is InChI=1S/C10H20N2O3/c1-4-12(5-2)7-6-11-9(13)8-10(14)15-3/h4-8H2,1-3H3,(H,11,13). The molecule has 0 saturated carbocycles. The highest BCUT2D eigenvalue weighted by molar-refractivity contribution is 5.94. The van der Waals surface area contributed by atoms with Crippen molar-refractivity contribution in [3.63, 3.8) is 0 Å². The summed E-state index contributed by atoms with van der Waals surface area (Å²) in [4.78, 5) is 24.1. The van der Waals surface area contributed by atoms with Gasteiger partial charge < -0.3 is 15.0 Å². The van der Waals surface area contributed by atoms with Gasteiger partial charge in [0, 0.05) is 13.1 Å². The van der Waals surface area contributed by atoms with Gasteiger partial charge in [-0.3, -0.25) is 9.59 Å². The predicted octanol–water partition coefficient (Wildman–Crippen LogP) is 0.00750. The summed E-state index contributed by atoms with van der Waals surface area (Å²) < 4.78 is 4.38. The van der Waals surface area contributed by atoms with Crippen LogP contribution < -0.4 is 5.32 Å². The molecule has 0 unspecified atom stereocenters. The number of likely N-dealkylation sites (N-methyl/N-ethyl adjacent to an activating group) is 1. The van der Waals surface area contributed by atoms with Gasteiger partial charge in [-0.25, -0.2) is 0 Å². The van der Waals surface area contributed by atoms with E-state index in [2.05, 4.69) is 28.8 Å². The van der Waals surface area contributed by atoms with Crippen molar-refractivity contribution in [2.45, 2.75) is 20.3 Å². The van der Waals surface area contributed by atoms with Crippen LogP contribution in [0.3, 0.4) is 0 Å². The van der Waals surface area contributed by atoms with E-state index in [0.29, 0.717) is 6.54 Å². The molecule has 0 aliphatic rings. The number of hydrogen-bond donors (Lipinski definition) is 1. The molecule has 5 nitrogen and oxygen atoms in total. The number of ether oxygens (including phenoxy) is 1. The molecule has 88 valence electrons. The maximum absolute atomic E-state index is 11.1. The molecule has 0 aliphatic heterocycles. The molecule has 0 aromatic rings. The Kier molecular flexibility index (Phi) is 7.62. The highest BCUT2D eigenvalue weighted by atomic mass is 16.5. The average Bonchev–Trinajstić information content (AvgIpc) is 2.24. The van der Waals surface area contributed by atoms with Crippen LogP contribution in [0.2, 0.25) is 0 Å². The van der Waals surface area contributed by atoms with Gasteiger partial charge in [0.2, 0.25) is 5.91 Å². The molecule has 0 atom stereocenters. The Morgan fingerprint density at radius 2 is 1.87 bits per heavy atom. The molecule has 1 N–H and O–H groups in total. The van der Waals surface area contributed by atoms with Crippen LogP contribution in [-0.4, -0.2) is 50.1 Å². The molecule has 1 amide bonds. The fourth-order valence-electron chi connectivity index (χ4n) is 1.16. The summed E-state index contributed by atoms with van der Waals surface area (Å²) in [5, 5.41) is 2.67. The second-order valence-electron chi connectivity index (χ2n) is 3.13.